The summed E-state index contributed by atoms with van der Waals surface area (Å²) in [7, 11) is 0. The molecule has 1 aromatic heterocycles. The first kappa shape index (κ1) is 12.2. The molecule has 2 rings (SSSR count). The van der Waals surface area contributed by atoms with Gasteiger partial charge in [0.2, 0.25) is 0 Å². The lowest BCUT2D eigenvalue weighted by Gasteiger charge is -2.32. The Hall–Kier alpha value is -0.260. The number of hydrogen-bond donors (Lipinski definition) is 1. The second-order valence-electron chi connectivity index (χ2n) is 5.30. The van der Waals surface area contributed by atoms with Crippen molar-refractivity contribution in [1.29, 1.82) is 0 Å². The number of aryl methyl sites for hydroxylation is 1. The van der Waals surface area contributed by atoms with E-state index in [1.165, 1.54) is 19.3 Å². The highest BCUT2D eigenvalue weighted by atomic mass is 127. The van der Waals surface area contributed by atoms with E-state index in [0.29, 0.717) is 6.04 Å². The fraction of sp³-hybridized carbons (Fsp3) is 0.750. The zero-order valence-electron chi connectivity index (χ0n) is 10.2. The summed E-state index contributed by atoms with van der Waals surface area (Å²) in [5.74, 6) is 2.43. The molecule has 1 aliphatic carbocycles. The van der Waals surface area contributed by atoms with Crippen molar-refractivity contribution in [2.45, 2.75) is 46.1 Å². The maximum Gasteiger partial charge on any atom is 0.135 e. The zero-order chi connectivity index (χ0) is 11.9. The van der Waals surface area contributed by atoms with Crippen LogP contribution in [-0.4, -0.2) is 9.78 Å². The summed E-state index contributed by atoms with van der Waals surface area (Å²) >= 11 is 2.29. The first-order chi connectivity index (χ1) is 7.49. The predicted octanol–water partition coefficient (Wildman–Crippen LogP) is 3.38. The van der Waals surface area contributed by atoms with Gasteiger partial charge in [0, 0.05) is 0 Å². The van der Waals surface area contributed by atoms with E-state index in [9.17, 15) is 0 Å². The van der Waals surface area contributed by atoms with Crippen LogP contribution in [0.3, 0.4) is 0 Å². The molecule has 1 heterocycles. The second-order valence-corrected chi connectivity index (χ2v) is 6.38. The molecule has 1 aromatic rings. The van der Waals surface area contributed by atoms with Crippen molar-refractivity contribution in [1.82, 2.24) is 9.78 Å². The quantitative estimate of drug-likeness (QED) is 0.801. The summed E-state index contributed by atoms with van der Waals surface area (Å²) in [6.45, 7) is 6.70. The Morgan fingerprint density at radius 3 is 2.25 bits per heavy atom. The number of nitrogens with two attached hydrogens (primary N) is 1. The van der Waals surface area contributed by atoms with Crippen LogP contribution < -0.4 is 5.73 Å². The van der Waals surface area contributed by atoms with Gasteiger partial charge in [-0.25, -0.2) is 4.68 Å². The van der Waals surface area contributed by atoms with Crippen molar-refractivity contribution in [2.75, 3.05) is 5.73 Å². The number of nitrogen functional groups attached to an aromatic ring is 1. The van der Waals surface area contributed by atoms with Gasteiger partial charge in [0.15, 0.2) is 0 Å². The number of hydrogen-bond acceptors (Lipinski definition) is 2. The average Bonchev–Trinajstić information content (AvgIpc) is 2.44. The van der Waals surface area contributed by atoms with Gasteiger partial charge in [0.1, 0.15) is 5.82 Å². The van der Waals surface area contributed by atoms with Gasteiger partial charge in [0.25, 0.3) is 0 Å². The first-order valence-electron chi connectivity index (χ1n) is 5.99. The van der Waals surface area contributed by atoms with Crippen molar-refractivity contribution in [2.24, 2.45) is 11.8 Å². The van der Waals surface area contributed by atoms with Crippen LogP contribution in [0.15, 0.2) is 0 Å². The fourth-order valence-corrected chi connectivity index (χ4v) is 3.28. The van der Waals surface area contributed by atoms with Crippen molar-refractivity contribution in [3.63, 3.8) is 0 Å². The molecule has 90 valence electrons. The Balaban J connectivity index is 2.26. The van der Waals surface area contributed by atoms with Crippen LogP contribution >= 0.6 is 22.6 Å². The summed E-state index contributed by atoms with van der Waals surface area (Å²) in [5, 5.41) is 4.59. The molecule has 0 radical (unpaired) electrons. The van der Waals surface area contributed by atoms with Crippen molar-refractivity contribution >= 4 is 28.4 Å². The number of aromatic nitrogens is 2. The maximum absolute atomic E-state index is 6.12. The Kier molecular flexibility index (Phi) is 3.47. The molecule has 1 aliphatic rings. The summed E-state index contributed by atoms with van der Waals surface area (Å²) in [6.07, 6.45) is 3.77. The van der Waals surface area contributed by atoms with E-state index >= 15 is 0 Å². The molecule has 0 amide bonds. The Labute approximate surface area is 111 Å². The molecule has 2 N–H and O–H groups in total. The minimum absolute atomic E-state index is 0.501. The van der Waals surface area contributed by atoms with E-state index in [1.54, 1.807) is 0 Å². The Morgan fingerprint density at radius 2 is 1.81 bits per heavy atom. The van der Waals surface area contributed by atoms with Crippen LogP contribution in [0.4, 0.5) is 5.82 Å². The van der Waals surface area contributed by atoms with Crippen molar-refractivity contribution in [3.05, 3.63) is 9.26 Å². The SMILES string of the molecule is Cc1nn(C2CC(C)CC(C)C2)c(N)c1I. The lowest BCUT2D eigenvalue weighted by Crippen LogP contribution is -2.24. The van der Waals surface area contributed by atoms with Crippen LogP contribution in [0, 0.1) is 22.3 Å². The van der Waals surface area contributed by atoms with E-state index in [2.05, 4.69) is 46.2 Å². The summed E-state index contributed by atoms with van der Waals surface area (Å²) in [4.78, 5) is 0. The van der Waals surface area contributed by atoms with Gasteiger partial charge in [-0.2, -0.15) is 5.10 Å². The molecule has 0 spiro atoms. The highest BCUT2D eigenvalue weighted by molar-refractivity contribution is 14.1. The van der Waals surface area contributed by atoms with Crippen molar-refractivity contribution < 1.29 is 0 Å². The third-order valence-corrected chi connectivity index (χ3v) is 4.88. The van der Waals surface area contributed by atoms with Crippen LogP contribution in [0.5, 0.6) is 0 Å². The molecule has 0 bridgehead atoms. The van der Waals surface area contributed by atoms with Crippen LogP contribution in [0.2, 0.25) is 0 Å². The molecule has 0 saturated heterocycles. The molecule has 1 saturated carbocycles. The summed E-state index contributed by atoms with van der Waals surface area (Å²) < 4.78 is 3.17. The molecule has 2 unspecified atom stereocenters. The van der Waals surface area contributed by atoms with E-state index in [0.717, 1.165) is 26.9 Å². The van der Waals surface area contributed by atoms with E-state index in [1.807, 2.05) is 6.92 Å². The minimum Gasteiger partial charge on any atom is -0.383 e. The van der Waals surface area contributed by atoms with Gasteiger partial charge >= 0.3 is 0 Å². The van der Waals surface area contributed by atoms with Gasteiger partial charge in [0.05, 0.1) is 15.3 Å². The summed E-state index contributed by atoms with van der Waals surface area (Å²) in [5.41, 5.74) is 7.18. The maximum atomic E-state index is 6.12. The van der Waals surface area contributed by atoms with E-state index in [4.69, 9.17) is 5.73 Å². The second kappa shape index (κ2) is 4.55. The molecule has 3 nitrogen and oxygen atoms in total. The van der Waals surface area contributed by atoms with Crippen LogP contribution in [0.1, 0.15) is 44.8 Å². The third kappa shape index (κ3) is 2.21. The highest BCUT2D eigenvalue weighted by Crippen LogP contribution is 2.37. The van der Waals surface area contributed by atoms with Crippen LogP contribution in [0.25, 0.3) is 0 Å². The molecule has 0 aromatic carbocycles. The molecule has 16 heavy (non-hydrogen) atoms. The standard InChI is InChI=1S/C12H20IN3/c1-7-4-8(2)6-10(5-7)16-12(14)11(13)9(3)15-16/h7-8,10H,4-6,14H2,1-3H3. The highest BCUT2D eigenvalue weighted by Gasteiger charge is 2.27. The molecule has 4 heteroatoms. The first-order valence-corrected chi connectivity index (χ1v) is 7.07. The van der Waals surface area contributed by atoms with E-state index in [-0.39, 0.29) is 0 Å². The number of halogens is 1. The Bertz CT molecular complexity index is 376. The largest absolute Gasteiger partial charge is 0.383 e. The number of rotatable bonds is 1. The fourth-order valence-electron chi connectivity index (χ4n) is 2.93. The molecular weight excluding hydrogens is 313 g/mol. The van der Waals surface area contributed by atoms with E-state index < -0.39 is 0 Å². The normalized spacial score (nSPS) is 30.6. The smallest absolute Gasteiger partial charge is 0.135 e. The average molecular weight is 333 g/mol. The lowest BCUT2D eigenvalue weighted by atomic mass is 9.80. The molecule has 0 aliphatic heterocycles. The lowest BCUT2D eigenvalue weighted by molar-refractivity contribution is 0.211. The molecular formula is C12H20IN3. The Morgan fingerprint density at radius 1 is 1.25 bits per heavy atom. The summed E-state index contributed by atoms with van der Waals surface area (Å²) in [6, 6.07) is 0.501. The van der Waals surface area contributed by atoms with Gasteiger partial charge in [-0.05, 0) is 60.6 Å². The van der Waals surface area contributed by atoms with Gasteiger partial charge in [-0.3, -0.25) is 0 Å². The minimum atomic E-state index is 0.501. The third-order valence-electron chi connectivity index (χ3n) is 3.55. The zero-order valence-corrected chi connectivity index (χ0v) is 12.4. The molecule has 1 fully saturated rings. The number of nitrogens with zero attached hydrogens (tertiary/aromatic N) is 2. The predicted molar refractivity (Wildman–Crippen MR) is 75.3 cm³/mol. The monoisotopic (exact) mass is 333 g/mol. The number of anilines is 1. The van der Waals surface area contributed by atoms with Gasteiger partial charge < -0.3 is 5.73 Å². The topological polar surface area (TPSA) is 43.8 Å². The molecule has 2 atom stereocenters. The van der Waals surface area contributed by atoms with Gasteiger partial charge in [-0.1, -0.05) is 13.8 Å². The van der Waals surface area contributed by atoms with Crippen molar-refractivity contribution in [3.8, 4) is 0 Å². The van der Waals surface area contributed by atoms with Gasteiger partial charge in [-0.15, -0.1) is 0 Å². The van der Waals surface area contributed by atoms with Crippen LogP contribution in [-0.2, 0) is 0 Å².